The molecule has 0 spiro atoms. The monoisotopic (exact) mass is 160 g/mol. The molecule has 0 rings (SSSR count). The Labute approximate surface area is 69.6 Å². The van der Waals surface area contributed by atoms with Crippen molar-refractivity contribution in [2.24, 2.45) is 0 Å². The minimum atomic E-state index is -0.322. The van der Waals surface area contributed by atoms with E-state index in [1.807, 2.05) is 11.9 Å². The van der Waals surface area contributed by atoms with E-state index in [2.05, 4.69) is 19.0 Å². The van der Waals surface area contributed by atoms with Crippen LogP contribution in [0.3, 0.4) is 0 Å². The van der Waals surface area contributed by atoms with Crippen LogP contribution in [0.2, 0.25) is 0 Å². The van der Waals surface area contributed by atoms with Gasteiger partial charge in [-0.15, -0.1) is 0 Å². The molecule has 0 radical (unpaired) electrons. The Bertz CT molecular complexity index is 94.1. The number of aliphatic hydroxyl groups is 1. The Morgan fingerprint density at radius 2 is 1.73 bits per heavy atom. The Morgan fingerprint density at radius 1 is 1.18 bits per heavy atom. The third kappa shape index (κ3) is 6.28. The molecule has 0 saturated carbocycles. The number of rotatable bonds is 5. The second kappa shape index (κ2) is 5.52. The van der Waals surface area contributed by atoms with E-state index in [1.54, 1.807) is 6.92 Å². The molecule has 0 aliphatic rings. The zero-order valence-corrected chi connectivity index (χ0v) is 8.04. The first-order chi connectivity index (χ1) is 5.04. The molecule has 3 nitrogen and oxygen atoms in total. The zero-order valence-electron chi connectivity index (χ0n) is 8.04. The van der Waals surface area contributed by atoms with E-state index >= 15 is 0 Å². The van der Waals surface area contributed by atoms with Crippen molar-refractivity contribution in [3.8, 4) is 0 Å². The fourth-order valence-electron chi connectivity index (χ4n) is 0.823. The van der Waals surface area contributed by atoms with E-state index in [9.17, 15) is 0 Å². The fraction of sp³-hybridized carbons (Fsp3) is 1.00. The van der Waals surface area contributed by atoms with Gasteiger partial charge in [0.1, 0.15) is 6.23 Å². The molecule has 1 atom stereocenters. The highest BCUT2D eigenvalue weighted by Gasteiger charge is 2.02. The molecule has 0 bridgehead atoms. The molecule has 0 aromatic carbocycles. The van der Waals surface area contributed by atoms with E-state index in [-0.39, 0.29) is 6.23 Å². The minimum absolute atomic E-state index is 0.322. The highest BCUT2D eigenvalue weighted by atomic mass is 16.3. The van der Waals surface area contributed by atoms with Crippen LogP contribution in [0.4, 0.5) is 0 Å². The molecule has 0 saturated heterocycles. The number of aliphatic hydroxyl groups excluding tert-OH is 1. The zero-order chi connectivity index (χ0) is 8.85. The van der Waals surface area contributed by atoms with Gasteiger partial charge in [-0.1, -0.05) is 0 Å². The van der Waals surface area contributed by atoms with Crippen molar-refractivity contribution in [3.63, 3.8) is 0 Å². The van der Waals surface area contributed by atoms with Crippen molar-refractivity contribution in [1.29, 1.82) is 0 Å². The van der Waals surface area contributed by atoms with Crippen molar-refractivity contribution in [2.45, 2.75) is 19.6 Å². The van der Waals surface area contributed by atoms with Gasteiger partial charge in [0.25, 0.3) is 0 Å². The lowest BCUT2D eigenvalue weighted by Gasteiger charge is -2.20. The molecule has 1 unspecified atom stereocenters. The summed E-state index contributed by atoms with van der Waals surface area (Å²) in [5, 5.41) is 9.10. The van der Waals surface area contributed by atoms with Crippen LogP contribution in [0.15, 0.2) is 0 Å². The maximum Gasteiger partial charge on any atom is 0.104 e. The van der Waals surface area contributed by atoms with Crippen LogP contribution in [0.5, 0.6) is 0 Å². The van der Waals surface area contributed by atoms with Gasteiger partial charge in [-0.25, -0.2) is 0 Å². The molecule has 0 fully saturated rings. The van der Waals surface area contributed by atoms with E-state index in [1.165, 1.54) is 0 Å². The number of nitrogens with zero attached hydrogens (tertiary/aromatic N) is 2. The molecular weight excluding hydrogens is 140 g/mol. The van der Waals surface area contributed by atoms with E-state index in [0.29, 0.717) is 0 Å². The van der Waals surface area contributed by atoms with Gasteiger partial charge in [0.05, 0.1) is 0 Å². The maximum atomic E-state index is 9.10. The summed E-state index contributed by atoms with van der Waals surface area (Å²) >= 11 is 0. The summed E-state index contributed by atoms with van der Waals surface area (Å²) in [6.07, 6.45) is 0.783. The number of hydrogen-bond acceptors (Lipinski definition) is 3. The van der Waals surface area contributed by atoms with Crippen LogP contribution >= 0.6 is 0 Å². The molecule has 0 aliphatic heterocycles. The molecule has 0 aromatic rings. The van der Waals surface area contributed by atoms with Crippen molar-refractivity contribution in [3.05, 3.63) is 0 Å². The smallest absolute Gasteiger partial charge is 0.104 e. The van der Waals surface area contributed by atoms with Crippen LogP contribution in [0.25, 0.3) is 0 Å². The van der Waals surface area contributed by atoms with E-state index in [0.717, 1.165) is 19.5 Å². The van der Waals surface area contributed by atoms with Gasteiger partial charge in [0.15, 0.2) is 0 Å². The van der Waals surface area contributed by atoms with Gasteiger partial charge < -0.3 is 10.0 Å². The molecule has 1 N–H and O–H groups in total. The summed E-state index contributed by atoms with van der Waals surface area (Å²) in [6, 6.07) is 0. The molecule has 0 heterocycles. The average Bonchev–Trinajstić information content (AvgIpc) is 1.86. The van der Waals surface area contributed by atoms with Gasteiger partial charge >= 0.3 is 0 Å². The van der Waals surface area contributed by atoms with Gasteiger partial charge in [-0.3, -0.25) is 4.90 Å². The SMILES string of the molecule is CC(O)N(C)CCCN(C)C. The van der Waals surface area contributed by atoms with Crippen LogP contribution in [0.1, 0.15) is 13.3 Å². The third-order valence-electron chi connectivity index (χ3n) is 1.75. The molecular formula is C8H20N2O. The lowest BCUT2D eigenvalue weighted by atomic mass is 10.3. The summed E-state index contributed by atoms with van der Waals surface area (Å²) < 4.78 is 0. The van der Waals surface area contributed by atoms with Gasteiger partial charge in [0, 0.05) is 6.54 Å². The average molecular weight is 160 g/mol. The lowest BCUT2D eigenvalue weighted by molar-refractivity contribution is 0.0366. The first-order valence-corrected chi connectivity index (χ1v) is 4.07. The van der Waals surface area contributed by atoms with Gasteiger partial charge in [-0.2, -0.15) is 0 Å². The predicted molar refractivity (Wildman–Crippen MR) is 47.5 cm³/mol. The standard InChI is InChI=1S/C8H20N2O/c1-8(11)10(4)7-5-6-9(2)3/h8,11H,5-7H2,1-4H3. The van der Waals surface area contributed by atoms with Crippen molar-refractivity contribution >= 4 is 0 Å². The predicted octanol–water partition coefficient (Wildman–Crippen LogP) is 0.208. The van der Waals surface area contributed by atoms with Crippen molar-refractivity contribution < 1.29 is 5.11 Å². The highest BCUT2D eigenvalue weighted by molar-refractivity contribution is 4.53. The largest absolute Gasteiger partial charge is 0.379 e. The quantitative estimate of drug-likeness (QED) is 0.582. The van der Waals surface area contributed by atoms with Crippen LogP contribution in [-0.4, -0.2) is 55.4 Å². The summed E-state index contributed by atoms with van der Waals surface area (Å²) in [4.78, 5) is 4.08. The summed E-state index contributed by atoms with van der Waals surface area (Å²) in [5.41, 5.74) is 0. The van der Waals surface area contributed by atoms with Crippen molar-refractivity contribution in [1.82, 2.24) is 9.80 Å². The van der Waals surface area contributed by atoms with Crippen molar-refractivity contribution in [2.75, 3.05) is 34.2 Å². The topological polar surface area (TPSA) is 26.7 Å². The Morgan fingerprint density at radius 3 is 2.09 bits per heavy atom. The molecule has 0 amide bonds. The molecule has 11 heavy (non-hydrogen) atoms. The molecule has 0 aliphatic carbocycles. The Hall–Kier alpha value is -0.120. The molecule has 68 valence electrons. The summed E-state index contributed by atoms with van der Waals surface area (Å²) in [5.74, 6) is 0. The van der Waals surface area contributed by atoms with E-state index in [4.69, 9.17) is 5.11 Å². The highest BCUT2D eigenvalue weighted by Crippen LogP contribution is 1.93. The van der Waals surface area contributed by atoms with Crippen LogP contribution < -0.4 is 0 Å². The third-order valence-corrected chi connectivity index (χ3v) is 1.75. The summed E-state index contributed by atoms with van der Waals surface area (Å²) in [7, 11) is 6.05. The summed E-state index contributed by atoms with van der Waals surface area (Å²) in [6.45, 7) is 3.82. The lowest BCUT2D eigenvalue weighted by Crippen LogP contribution is -2.31. The number of hydrogen-bond donors (Lipinski definition) is 1. The fourth-order valence-corrected chi connectivity index (χ4v) is 0.823. The second-order valence-electron chi connectivity index (χ2n) is 3.27. The molecule has 3 heteroatoms. The Balaban J connectivity index is 3.24. The molecule has 0 aromatic heterocycles. The second-order valence-corrected chi connectivity index (χ2v) is 3.27. The van der Waals surface area contributed by atoms with Gasteiger partial charge in [0.2, 0.25) is 0 Å². The minimum Gasteiger partial charge on any atom is -0.379 e. The van der Waals surface area contributed by atoms with E-state index < -0.39 is 0 Å². The first-order valence-electron chi connectivity index (χ1n) is 4.07. The first kappa shape index (κ1) is 10.9. The van der Waals surface area contributed by atoms with Gasteiger partial charge in [-0.05, 0) is 41.0 Å². The normalized spacial score (nSPS) is 14.5. The van der Waals surface area contributed by atoms with Crippen LogP contribution in [0, 0.1) is 0 Å². The Kier molecular flexibility index (Phi) is 5.46. The maximum absolute atomic E-state index is 9.10. The van der Waals surface area contributed by atoms with Crippen LogP contribution in [-0.2, 0) is 0 Å².